The topological polar surface area (TPSA) is 64.1 Å². The Morgan fingerprint density at radius 3 is 2.84 bits per heavy atom. The monoisotopic (exact) mass is 417 g/mol. The van der Waals surface area contributed by atoms with Gasteiger partial charge in [0, 0.05) is 32.3 Å². The lowest BCUT2D eigenvalue weighted by atomic mass is 9.95. The highest BCUT2D eigenvalue weighted by Crippen LogP contribution is 2.37. The molecule has 0 fully saturated rings. The number of hydrogen-bond donors (Lipinski definition) is 1. The van der Waals surface area contributed by atoms with Gasteiger partial charge in [0.25, 0.3) is 0 Å². The Labute approximate surface area is 157 Å². The summed E-state index contributed by atoms with van der Waals surface area (Å²) in [6, 6.07) is 9.07. The molecule has 1 aliphatic heterocycles. The number of esters is 1. The van der Waals surface area contributed by atoms with E-state index in [1.165, 1.54) is 0 Å². The number of nitrogens with one attached hydrogen (secondary N) is 1. The summed E-state index contributed by atoms with van der Waals surface area (Å²) >= 11 is 9.52. The van der Waals surface area contributed by atoms with Gasteiger partial charge in [-0.25, -0.2) is 14.8 Å². The first-order valence-corrected chi connectivity index (χ1v) is 8.77. The highest BCUT2D eigenvalue weighted by atomic mass is 79.9. The number of cyclic esters (lactones) is 1. The SMILES string of the molecule is CC1(C)OC(=O)c2ccc(Nc3ncc4cc(Cl)cc(Br)c4n3)cc21. The van der Waals surface area contributed by atoms with Crippen LogP contribution in [0.3, 0.4) is 0 Å². The number of anilines is 2. The van der Waals surface area contributed by atoms with Crippen LogP contribution in [0.15, 0.2) is 41.0 Å². The van der Waals surface area contributed by atoms with Gasteiger partial charge in [-0.15, -0.1) is 0 Å². The van der Waals surface area contributed by atoms with Crippen molar-refractivity contribution in [1.82, 2.24) is 9.97 Å². The molecule has 2 aromatic carbocycles. The van der Waals surface area contributed by atoms with E-state index in [0.29, 0.717) is 16.5 Å². The summed E-state index contributed by atoms with van der Waals surface area (Å²) in [5.74, 6) is 0.160. The number of nitrogens with zero attached hydrogens (tertiary/aromatic N) is 2. The predicted octanol–water partition coefficient (Wildman–Crippen LogP) is 5.19. The Balaban J connectivity index is 1.72. The zero-order chi connectivity index (χ0) is 17.8. The summed E-state index contributed by atoms with van der Waals surface area (Å²) in [5.41, 5.74) is 2.34. The van der Waals surface area contributed by atoms with Crippen molar-refractivity contribution < 1.29 is 9.53 Å². The second-order valence-corrected chi connectivity index (χ2v) is 7.60. The highest BCUT2D eigenvalue weighted by molar-refractivity contribution is 9.10. The minimum atomic E-state index is -0.645. The third-order valence-corrected chi connectivity index (χ3v) is 4.92. The Bertz CT molecular complexity index is 1040. The van der Waals surface area contributed by atoms with Gasteiger partial charge in [-0.05, 0) is 60.1 Å². The summed E-state index contributed by atoms with van der Waals surface area (Å²) in [6.07, 6.45) is 1.71. The van der Waals surface area contributed by atoms with Crippen molar-refractivity contribution in [2.45, 2.75) is 19.4 Å². The van der Waals surface area contributed by atoms with Crippen LogP contribution >= 0.6 is 27.5 Å². The maximum atomic E-state index is 11.9. The lowest BCUT2D eigenvalue weighted by Crippen LogP contribution is -2.16. The number of benzene rings is 2. The molecule has 126 valence electrons. The smallest absolute Gasteiger partial charge is 0.339 e. The van der Waals surface area contributed by atoms with E-state index in [9.17, 15) is 4.79 Å². The van der Waals surface area contributed by atoms with Gasteiger partial charge in [-0.2, -0.15) is 0 Å². The van der Waals surface area contributed by atoms with E-state index in [4.69, 9.17) is 16.3 Å². The van der Waals surface area contributed by atoms with Gasteiger partial charge in [-0.1, -0.05) is 11.6 Å². The van der Waals surface area contributed by atoms with Crippen molar-refractivity contribution in [3.63, 3.8) is 0 Å². The third-order valence-electron chi connectivity index (χ3n) is 4.09. The summed E-state index contributed by atoms with van der Waals surface area (Å²) < 4.78 is 6.19. The average molecular weight is 419 g/mol. The van der Waals surface area contributed by atoms with Crippen LogP contribution < -0.4 is 5.32 Å². The van der Waals surface area contributed by atoms with E-state index in [1.807, 2.05) is 32.0 Å². The number of carbonyl (C=O) groups excluding carboxylic acids is 1. The quantitative estimate of drug-likeness (QED) is 0.580. The van der Waals surface area contributed by atoms with Gasteiger partial charge in [0.05, 0.1) is 11.1 Å². The Kier molecular flexibility index (Phi) is 3.70. The van der Waals surface area contributed by atoms with Gasteiger partial charge in [-0.3, -0.25) is 0 Å². The third kappa shape index (κ3) is 2.85. The van der Waals surface area contributed by atoms with Crippen LogP contribution in [0.1, 0.15) is 29.8 Å². The predicted molar refractivity (Wildman–Crippen MR) is 100 cm³/mol. The van der Waals surface area contributed by atoms with Crippen molar-refractivity contribution in [1.29, 1.82) is 0 Å². The minimum absolute atomic E-state index is 0.297. The van der Waals surface area contributed by atoms with Crippen LogP contribution in [0.5, 0.6) is 0 Å². The van der Waals surface area contributed by atoms with Gasteiger partial charge >= 0.3 is 5.97 Å². The fourth-order valence-electron chi connectivity index (χ4n) is 2.90. The van der Waals surface area contributed by atoms with Crippen LogP contribution in [-0.2, 0) is 10.3 Å². The molecule has 3 aromatic rings. The molecule has 25 heavy (non-hydrogen) atoms. The van der Waals surface area contributed by atoms with Gasteiger partial charge in [0.15, 0.2) is 0 Å². The molecule has 1 aliphatic rings. The molecule has 0 radical (unpaired) electrons. The normalized spacial score (nSPS) is 15.1. The molecule has 1 aromatic heterocycles. The molecule has 2 heterocycles. The number of aromatic nitrogens is 2. The number of hydrogen-bond acceptors (Lipinski definition) is 5. The maximum Gasteiger partial charge on any atom is 0.339 e. The number of rotatable bonds is 2. The van der Waals surface area contributed by atoms with E-state index in [0.717, 1.165) is 26.6 Å². The van der Waals surface area contributed by atoms with Crippen LogP contribution in [0.25, 0.3) is 10.9 Å². The molecule has 0 spiro atoms. The largest absolute Gasteiger partial charge is 0.451 e. The van der Waals surface area contributed by atoms with Crippen LogP contribution in [0.4, 0.5) is 11.6 Å². The van der Waals surface area contributed by atoms with Crippen LogP contribution in [0.2, 0.25) is 5.02 Å². The molecule has 0 amide bonds. The van der Waals surface area contributed by atoms with Crippen molar-refractivity contribution >= 4 is 56.0 Å². The van der Waals surface area contributed by atoms with E-state index in [-0.39, 0.29) is 5.97 Å². The van der Waals surface area contributed by atoms with E-state index >= 15 is 0 Å². The zero-order valence-corrected chi connectivity index (χ0v) is 15.8. The molecule has 4 rings (SSSR count). The molecule has 0 saturated carbocycles. The van der Waals surface area contributed by atoms with E-state index in [2.05, 4.69) is 31.2 Å². The lowest BCUT2D eigenvalue weighted by Gasteiger charge is -2.18. The molecule has 0 saturated heterocycles. The molecule has 0 unspecified atom stereocenters. The number of fused-ring (bicyclic) bond motifs is 2. The Hall–Kier alpha value is -2.18. The molecule has 0 aliphatic carbocycles. The van der Waals surface area contributed by atoms with Gasteiger partial charge in [0.2, 0.25) is 5.95 Å². The highest BCUT2D eigenvalue weighted by Gasteiger charge is 2.37. The second kappa shape index (κ2) is 5.68. The number of halogens is 2. The summed E-state index contributed by atoms with van der Waals surface area (Å²) in [4.78, 5) is 20.7. The summed E-state index contributed by atoms with van der Waals surface area (Å²) in [5, 5.41) is 4.64. The summed E-state index contributed by atoms with van der Waals surface area (Å²) in [6.45, 7) is 3.74. The Morgan fingerprint density at radius 2 is 2.04 bits per heavy atom. The summed E-state index contributed by atoms with van der Waals surface area (Å²) in [7, 11) is 0. The first-order chi connectivity index (χ1) is 11.8. The van der Waals surface area contributed by atoms with Crippen LogP contribution in [0, 0.1) is 0 Å². The molecule has 1 N–H and O–H groups in total. The molecule has 0 atom stereocenters. The Morgan fingerprint density at radius 1 is 1.24 bits per heavy atom. The van der Waals surface area contributed by atoms with Crippen molar-refractivity contribution in [3.05, 3.63) is 57.2 Å². The fraction of sp³-hybridized carbons (Fsp3) is 0.167. The first kappa shape index (κ1) is 16.3. The van der Waals surface area contributed by atoms with E-state index < -0.39 is 5.60 Å². The zero-order valence-electron chi connectivity index (χ0n) is 13.4. The van der Waals surface area contributed by atoms with Gasteiger partial charge in [0.1, 0.15) is 5.60 Å². The standard InChI is InChI=1S/C18H13BrClN3O2/c1-18(2)13-7-11(3-4-12(13)16(24)25-18)22-17-21-8-9-5-10(20)6-14(19)15(9)23-17/h3-8H,1-2H3,(H,21,22,23). The molecular weight excluding hydrogens is 406 g/mol. The minimum Gasteiger partial charge on any atom is -0.451 e. The first-order valence-electron chi connectivity index (χ1n) is 7.60. The van der Waals surface area contributed by atoms with Crippen molar-refractivity contribution in [2.75, 3.05) is 5.32 Å². The van der Waals surface area contributed by atoms with Crippen molar-refractivity contribution in [2.24, 2.45) is 0 Å². The van der Waals surface area contributed by atoms with Crippen LogP contribution in [-0.4, -0.2) is 15.9 Å². The molecule has 7 heteroatoms. The van der Waals surface area contributed by atoms with Crippen molar-refractivity contribution in [3.8, 4) is 0 Å². The molecular formula is C18H13BrClN3O2. The maximum absolute atomic E-state index is 11.9. The van der Waals surface area contributed by atoms with E-state index in [1.54, 1.807) is 18.3 Å². The number of carbonyl (C=O) groups is 1. The fourth-order valence-corrected chi connectivity index (χ4v) is 3.82. The number of ether oxygens (including phenoxy) is 1. The average Bonchev–Trinajstić information content (AvgIpc) is 2.77. The second-order valence-electron chi connectivity index (χ2n) is 6.30. The van der Waals surface area contributed by atoms with Gasteiger partial charge < -0.3 is 10.1 Å². The molecule has 0 bridgehead atoms. The lowest BCUT2D eigenvalue weighted by molar-refractivity contribution is 0.00955. The molecule has 5 nitrogen and oxygen atoms in total.